The predicted octanol–water partition coefficient (Wildman–Crippen LogP) is 1.33. The van der Waals surface area contributed by atoms with Gasteiger partial charge in [-0.2, -0.15) is 13.2 Å². The van der Waals surface area contributed by atoms with Crippen molar-refractivity contribution in [2.45, 2.75) is 30.0 Å². The predicted molar refractivity (Wildman–Crippen MR) is 68.8 cm³/mol. The lowest BCUT2D eigenvalue weighted by Crippen LogP contribution is -2.46. The molecule has 23 heavy (non-hydrogen) atoms. The van der Waals surface area contributed by atoms with Crippen LogP contribution in [0, 0.1) is 5.82 Å². The van der Waals surface area contributed by atoms with Gasteiger partial charge in [-0.3, -0.25) is 10.2 Å². The second kappa shape index (κ2) is 6.42. The lowest BCUT2D eigenvalue weighted by molar-refractivity contribution is -0.140. The zero-order chi connectivity index (χ0) is 17.3. The van der Waals surface area contributed by atoms with Crippen molar-refractivity contribution in [1.29, 1.82) is 0 Å². The monoisotopic (exact) mass is 356 g/mol. The van der Waals surface area contributed by atoms with Crippen LogP contribution in [0.4, 0.5) is 17.6 Å². The molecule has 1 amide bonds. The van der Waals surface area contributed by atoms with Crippen molar-refractivity contribution in [3.8, 4) is 0 Å². The van der Waals surface area contributed by atoms with Crippen LogP contribution in [-0.2, 0) is 25.7 Å². The van der Waals surface area contributed by atoms with Crippen molar-refractivity contribution in [2.75, 3.05) is 6.61 Å². The topological polar surface area (TPSA) is 84.5 Å². The van der Waals surface area contributed by atoms with Gasteiger partial charge in [-0.25, -0.2) is 12.8 Å². The van der Waals surface area contributed by atoms with Gasteiger partial charge in [-0.1, -0.05) is 0 Å². The molecule has 11 heteroatoms. The van der Waals surface area contributed by atoms with Crippen molar-refractivity contribution in [3.63, 3.8) is 0 Å². The first-order valence-corrected chi connectivity index (χ1v) is 7.89. The Kier molecular flexibility index (Phi) is 4.92. The standard InChI is InChI=1S/C12H12F4N2O4S/c13-9-4-3-7(6-8(9)12(14,15)16)23(20,21)18-17-11(19)10-2-1-5-22-10/h3-4,6,10,18H,1-2,5H2,(H,17,19). The Labute approximate surface area is 128 Å². The summed E-state index contributed by atoms with van der Waals surface area (Å²) in [5.41, 5.74) is 0.142. The van der Waals surface area contributed by atoms with Crippen LogP contribution in [0.5, 0.6) is 0 Å². The number of hydrogen-bond acceptors (Lipinski definition) is 4. The van der Waals surface area contributed by atoms with E-state index in [-0.39, 0.29) is 6.07 Å². The van der Waals surface area contributed by atoms with E-state index in [4.69, 9.17) is 4.74 Å². The first-order valence-electron chi connectivity index (χ1n) is 6.41. The molecular formula is C12H12F4N2O4S. The third-order valence-electron chi connectivity index (χ3n) is 3.08. The average Bonchev–Trinajstić information content (AvgIpc) is 2.98. The summed E-state index contributed by atoms with van der Waals surface area (Å²) in [6.45, 7) is 0.359. The van der Waals surface area contributed by atoms with Gasteiger partial charge in [0.1, 0.15) is 11.9 Å². The molecule has 1 unspecified atom stereocenters. The Bertz CT molecular complexity index is 700. The van der Waals surface area contributed by atoms with E-state index in [0.717, 1.165) is 0 Å². The first-order chi connectivity index (χ1) is 10.6. The fourth-order valence-corrected chi connectivity index (χ4v) is 2.80. The summed E-state index contributed by atoms with van der Waals surface area (Å²) in [6, 6.07) is 1.19. The van der Waals surface area contributed by atoms with E-state index >= 15 is 0 Å². The number of carbonyl (C=O) groups excluding carboxylic acids is 1. The zero-order valence-electron chi connectivity index (χ0n) is 11.5. The molecule has 0 spiro atoms. The van der Waals surface area contributed by atoms with Gasteiger partial charge in [-0.05, 0) is 31.0 Å². The number of hydrogen-bond donors (Lipinski definition) is 2. The van der Waals surface area contributed by atoms with Crippen LogP contribution >= 0.6 is 0 Å². The van der Waals surface area contributed by atoms with Gasteiger partial charge < -0.3 is 4.74 Å². The zero-order valence-corrected chi connectivity index (χ0v) is 12.3. The molecule has 6 nitrogen and oxygen atoms in total. The van der Waals surface area contributed by atoms with E-state index in [2.05, 4.69) is 0 Å². The van der Waals surface area contributed by atoms with Crippen LogP contribution in [0.25, 0.3) is 0 Å². The van der Waals surface area contributed by atoms with Gasteiger partial charge in [0.2, 0.25) is 0 Å². The van der Waals surface area contributed by atoms with Gasteiger partial charge in [0.25, 0.3) is 15.9 Å². The minimum absolute atomic E-state index is 0.149. The van der Waals surface area contributed by atoms with E-state index in [0.29, 0.717) is 31.6 Å². The van der Waals surface area contributed by atoms with Crippen molar-refractivity contribution in [1.82, 2.24) is 10.3 Å². The quantitative estimate of drug-likeness (QED) is 0.630. The summed E-state index contributed by atoms with van der Waals surface area (Å²) in [5, 5.41) is 0. The van der Waals surface area contributed by atoms with E-state index in [1.165, 1.54) is 0 Å². The van der Waals surface area contributed by atoms with Crippen LogP contribution in [0.1, 0.15) is 18.4 Å². The highest BCUT2D eigenvalue weighted by Gasteiger charge is 2.35. The summed E-state index contributed by atoms with van der Waals surface area (Å²) in [5.74, 6) is -2.36. The molecule has 0 bridgehead atoms. The third kappa shape index (κ3) is 4.18. The van der Waals surface area contributed by atoms with Gasteiger partial charge >= 0.3 is 6.18 Å². The molecular weight excluding hydrogens is 344 g/mol. The number of amides is 1. The number of sulfonamides is 1. The largest absolute Gasteiger partial charge is 0.419 e. The minimum Gasteiger partial charge on any atom is -0.368 e. The van der Waals surface area contributed by atoms with Crippen LogP contribution < -0.4 is 10.3 Å². The summed E-state index contributed by atoms with van der Waals surface area (Å²) in [7, 11) is -4.49. The maximum Gasteiger partial charge on any atom is 0.419 e. The van der Waals surface area contributed by atoms with Gasteiger partial charge in [0, 0.05) is 6.61 Å². The molecule has 1 fully saturated rings. The minimum atomic E-state index is -5.05. The molecule has 1 aliphatic heterocycles. The highest BCUT2D eigenvalue weighted by atomic mass is 32.2. The molecule has 0 aliphatic carbocycles. The van der Waals surface area contributed by atoms with Gasteiger partial charge in [0.05, 0.1) is 10.5 Å². The fraction of sp³-hybridized carbons (Fsp3) is 0.417. The SMILES string of the molecule is O=C(NNS(=O)(=O)c1ccc(F)c(C(F)(F)F)c1)C1CCCO1. The molecule has 128 valence electrons. The maximum absolute atomic E-state index is 13.2. The Hall–Kier alpha value is -1.72. The van der Waals surface area contributed by atoms with Crippen LogP contribution in [0.15, 0.2) is 23.1 Å². The summed E-state index contributed by atoms with van der Waals surface area (Å²) >= 11 is 0. The van der Waals surface area contributed by atoms with E-state index in [9.17, 15) is 30.8 Å². The number of ether oxygens (including phenoxy) is 1. The highest BCUT2D eigenvalue weighted by Crippen LogP contribution is 2.32. The molecule has 0 radical (unpaired) electrons. The molecule has 1 heterocycles. The van der Waals surface area contributed by atoms with E-state index in [1.54, 1.807) is 4.83 Å². The lowest BCUT2D eigenvalue weighted by atomic mass is 10.2. The van der Waals surface area contributed by atoms with Gasteiger partial charge in [-0.15, -0.1) is 4.83 Å². The normalized spacial score (nSPS) is 18.9. The average molecular weight is 356 g/mol. The molecule has 1 aliphatic rings. The van der Waals surface area contributed by atoms with E-state index < -0.39 is 44.5 Å². The smallest absolute Gasteiger partial charge is 0.368 e. The van der Waals surface area contributed by atoms with Crippen molar-refractivity contribution >= 4 is 15.9 Å². The number of nitrogens with one attached hydrogen (secondary N) is 2. The van der Waals surface area contributed by atoms with Crippen molar-refractivity contribution in [2.24, 2.45) is 0 Å². The molecule has 2 N–H and O–H groups in total. The van der Waals surface area contributed by atoms with Crippen LogP contribution in [-0.4, -0.2) is 27.0 Å². The summed E-state index contributed by atoms with van der Waals surface area (Å²) in [4.78, 5) is 12.4. The number of alkyl halides is 3. The third-order valence-corrected chi connectivity index (χ3v) is 4.33. The highest BCUT2D eigenvalue weighted by molar-refractivity contribution is 7.89. The lowest BCUT2D eigenvalue weighted by Gasteiger charge is -2.13. The first kappa shape index (κ1) is 17.6. The van der Waals surface area contributed by atoms with Crippen LogP contribution in [0.2, 0.25) is 0 Å². The molecule has 1 saturated heterocycles. The number of hydrazine groups is 1. The summed E-state index contributed by atoms with van der Waals surface area (Å²) in [6.07, 6.45) is -4.83. The van der Waals surface area contributed by atoms with E-state index in [1.807, 2.05) is 5.43 Å². The second-order valence-corrected chi connectivity index (χ2v) is 6.42. The number of benzene rings is 1. The molecule has 1 atom stereocenters. The molecule has 0 saturated carbocycles. The maximum atomic E-state index is 13.2. The van der Waals surface area contributed by atoms with Crippen molar-refractivity contribution in [3.05, 3.63) is 29.6 Å². The number of carbonyl (C=O) groups is 1. The van der Waals surface area contributed by atoms with Crippen molar-refractivity contribution < 1.29 is 35.5 Å². The Morgan fingerprint density at radius 2 is 2.00 bits per heavy atom. The number of halogens is 4. The number of rotatable bonds is 4. The second-order valence-electron chi connectivity index (χ2n) is 4.74. The summed E-state index contributed by atoms with van der Waals surface area (Å²) < 4.78 is 79.7. The molecule has 2 rings (SSSR count). The molecule has 1 aromatic rings. The fourth-order valence-electron chi connectivity index (χ4n) is 1.93. The molecule has 0 aromatic heterocycles. The van der Waals surface area contributed by atoms with Gasteiger partial charge in [0.15, 0.2) is 0 Å². The van der Waals surface area contributed by atoms with Crippen LogP contribution in [0.3, 0.4) is 0 Å². The Morgan fingerprint density at radius 1 is 1.30 bits per heavy atom. The Morgan fingerprint density at radius 3 is 2.57 bits per heavy atom. The Balaban J connectivity index is 2.14. The molecule has 1 aromatic carbocycles.